The summed E-state index contributed by atoms with van der Waals surface area (Å²) in [5, 5.41) is 12.6. The molecular weight excluding hydrogens is 334 g/mol. The van der Waals surface area contributed by atoms with Crippen molar-refractivity contribution in [2.45, 2.75) is 25.8 Å². The molecule has 2 heterocycles. The fraction of sp³-hybridized carbons (Fsp3) is 0.579. The number of nitrogens with zero attached hydrogens (tertiary/aromatic N) is 2. The van der Waals surface area contributed by atoms with Gasteiger partial charge in [0.05, 0.1) is 24.9 Å². The lowest BCUT2D eigenvalue weighted by atomic mass is 9.95. The third-order valence-corrected chi connectivity index (χ3v) is 5.29. The van der Waals surface area contributed by atoms with Crippen LogP contribution < -0.4 is 5.32 Å². The number of hydrogen-bond acceptors (Lipinski definition) is 5. The first kappa shape index (κ1) is 18.7. The maximum absolute atomic E-state index is 12.7. The summed E-state index contributed by atoms with van der Waals surface area (Å²) < 4.78 is 5.34. The Morgan fingerprint density at radius 2 is 1.81 bits per heavy atom. The molecule has 2 N–H and O–H groups in total. The zero-order valence-electron chi connectivity index (χ0n) is 15.2. The molecule has 2 saturated heterocycles. The van der Waals surface area contributed by atoms with E-state index in [9.17, 15) is 14.7 Å². The maximum atomic E-state index is 12.7. The standard InChI is InChI=1S/C19H27N3O4/c1-14(21-10-12-26-13-11-21)19(25)22-8-6-15(7-9-22)18(24)20-16-4-2-3-5-17(16)23/h2-5,14-15,23H,6-13H2,1H3,(H,20,24)/t14-/m0/s1. The molecule has 1 aromatic rings. The molecule has 1 atom stereocenters. The number of para-hydroxylation sites is 2. The van der Waals surface area contributed by atoms with Crippen LogP contribution in [0.15, 0.2) is 24.3 Å². The van der Waals surface area contributed by atoms with Gasteiger partial charge in [0.2, 0.25) is 11.8 Å². The minimum Gasteiger partial charge on any atom is -0.506 e. The van der Waals surface area contributed by atoms with Crippen LogP contribution in [0.2, 0.25) is 0 Å². The molecule has 0 aliphatic carbocycles. The number of ether oxygens (including phenoxy) is 1. The zero-order valence-corrected chi connectivity index (χ0v) is 15.2. The van der Waals surface area contributed by atoms with E-state index in [0.29, 0.717) is 44.8 Å². The van der Waals surface area contributed by atoms with Crippen LogP contribution in [0.25, 0.3) is 0 Å². The van der Waals surface area contributed by atoms with Crippen LogP contribution in [-0.2, 0) is 14.3 Å². The Hall–Kier alpha value is -2.12. The van der Waals surface area contributed by atoms with Gasteiger partial charge < -0.3 is 20.1 Å². The molecule has 2 aliphatic rings. The van der Waals surface area contributed by atoms with Crippen molar-refractivity contribution in [3.05, 3.63) is 24.3 Å². The van der Waals surface area contributed by atoms with E-state index in [-0.39, 0.29) is 29.5 Å². The molecule has 7 heteroatoms. The van der Waals surface area contributed by atoms with E-state index in [2.05, 4.69) is 10.2 Å². The van der Waals surface area contributed by atoms with E-state index in [4.69, 9.17) is 4.74 Å². The van der Waals surface area contributed by atoms with Crippen molar-refractivity contribution in [3.8, 4) is 5.75 Å². The van der Waals surface area contributed by atoms with Gasteiger partial charge in [0.25, 0.3) is 0 Å². The highest BCUT2D eigenvalue weighted by molar-refractivity contribution is 5.94. The normalized spacial score (nSPS) is 20.6. The number of likely N-dealkylation sites (tertiary alicyclic amines) is 1. The molecule has 0 aromatic heterocycles. The molecule has 0 unspecified atom stereocenters. The van der Waals surface area contributed by atoms with Crippen LogP contribution in [0.5, 0.6) is 5.75 Å². The smallest absolute Gasteiger partial charge is 0.239 e. The molecule has 2 fully saturated rings. The number of carbonyl (C=O) groups is 2. The third kappa shape index (κ3) is 4.34. The second-order valence-corrected chi connectivity index (χ2v) is 6.93. The number of benzene rings is 1. The average Bonchev–Trinajstić information content (AvgIpc) is 2.69. The Labute approximate surface area is 153 Å². The summed E-state index contributed by atoms with van der Waals surface area (Å²) in [5.74, 6) is -0.0450. The van der Waals surface area contributed by atoms with Crippen molar-refractivity contribution in [1.29, 1.82) is 0 Å². The molecule has 142 valence electrons. The van der Waals surface area contributed by atoms with Gasteiger partial charge in [-0.15, -0.1) is 0 Å². The maximum Gasteiger partial charge on any atom is 0.239 e. The van der Waals surface area contributed by atoms with E-state index in [1.807, 2.05) is 11.8 Å². The average molecular weight is 361 g/mol. The molecular formula is C19H27N3O4. The highest BCUT2D eigenvalue weighted by Crippen LogP contribution is 2.25. The van der Waals surface area contributed by atoms with Gasteiger partial charge in [-0.3, -0.25) is 14.5 Å². The first-order valence-electron chi connectivity index (χ1n) is 9.25. The number of nitrogens with one attached hydrogen (secondary N) is 1. The number of morpholine rings is 1. The molecule has 0 saturated carbocycles. The lowest BCUT2D eigenvalue weighted by Gasteiger charge is -2.37. The van der Waals surface area contributed by atoms with Gasteiger partial charge in [-0.05, 0) is 31.9 Å². The van der Waals surface area contributed by atoms with Gasteiger partial charge in [0.1, 0.15) is 5.75 Å². The van der Waals surface area contributed by atoms with Gasteiger partial charge in [0.15, 0.2) is 0 Å². The second kappa shape index (κ2) is 8.51. The van der Waals surface area contributed by atoms with Gasteiger partial charge >= 0.3 is 0 Å². The van der Waals surface area contributed by atoms with Gasteiger partial charge in [0, 0.05) is 32.1 Å². The summed E-state index contributed by atoms with van der Waals surface area (Å²) in [5.41, 5.74) is 0.428. The Bertz CT molecular complexity index is 637. The third-order valence-electron chi connectivity index (χ3n) is 5.29. The number of piperidine rings is 1. The fourth-order valence-electron chi connectivity index (χ4n) is 3.56. The van der Waals surface area contributed by atoms with E-state index in [1.165, 1.54) is 0 Å². The summed E-state index contributed by atoms with van der Waals surface area (Å²) in [7, 11) is 0. The number of amides is 2. The Morgan fingerprint density at radius 1 is 1.15 bits per heavy atom. The minimum absolute atomic E-state index is 0.0628. The summed E-state index contributed by atoms with van der Waals surface area (Å²) >= 11 is 0. The lowest BCUT2D eigenvalue weighted by Crippen LogP contribution is -2.52. The first-order valence-corrected chi connectivity index (χ1v) is 9.25. The molecule has 7 nitrogen and oxygen atoms in total. The number of rotatable bonds is 4. The highest BCUT2D eigenvalue weighted by Gasteiger charge is 2.32. The molecule has 3 rings (SSSR count). The molecule has 1 aromatic carbocycles. The number of aromatic hydroxyl groups is 1. The van der Waals surface area contributed by atoms with Crippen LogP contribution in [0.3, 0.4) is 0 Å². The Kier molecular flexibility index (Phi) is 6.11. The quantitative estimate of drug-likeness (QED) is 0.790. The van der Waals surface area contributed by atoms with Crippen molar-refractivity contribution in [2.75, 3.05) is 44.7 Å². The molecule has 0 radical (unpaired) electrons. The molecule has 0 spiro atoms. The second-order valence-electron chi connectivity index (χ2n) is 6.93. The molecule has 26 heavy (non-hydrogen) atoms. The molecule has 2 aliphatic heterocycles. The first-order chi connectivity index (χ1) is 12.6. The van der Waals surface area contributed by atoms with E-state index >= 15 is 0 Å². The van der Waals surface area contributed by atoms with Crippen LogP contribution in [0.4, 0.5) is 5.69 Å². The number of phenolic OH excluding ortho intramolecular Hbond substituents is 1. The number of anilines is 1. The van der Waals surface area contributed by atoms with Crippen molar-refractivity contribution in [2.24, 2.45) is 5.92 Å². The SMILES string of the molecule is C[C@@H](C(=O)N1CCC(C(=O)Nc2ccccc2O)CC1)N1CCOCC1. The Balaban J connectivity index is 1.49. The van der Waals surface area contributed by atoms with Crippen LogP contribution in [0, 0.1) is 5.92 Å². The predicted octanol–water partition coefficient (Wildman–Crippen LogP) is 1.29. The van der Waals surface area contributed by atoms with Crippen LogP contribution >= 0.6 is 0 Å². The largest absolute Gasteiger partial charge is 0.506 e. The topological polar surface area (TPSA) is 82.1 Å². The summed E-state index contributed by atoms with van der Waals surface area (Å²) in [6.07, 6.45) is 1.28. The summed E-state index contributed by atoms with van der Waals surface area (Å²) in [6.45, 7) is 6.04. The van der Waals surface area contributed by atoms with Gasteiger partial charge in [-0.2, -0.15) is 0 Å². The van der Waals surface area contributed by atoms with Crippen molar-refractivity contribution < 1.29 is 19.4 Å². The Morgan fingerprint density at radius 3 is 2.46 bits per heavy atom. The molecule has 2 amide bonds. The van der Waals surface area contributed by atoms with Crippen molar-refractivity contribution in [1.82, 2.24) is 9.80 Å². The lowest BCUT2D eigenvalue weighted by molar-refractivity contribution is -0.140. The van der Waals surface area contributed by atoms with Gasteiger partial charge in [-0.1, -0.05) is 12.1 Å². The zero-order chi connectivity index (χ0) is 18.5. The number of phenols is 1. The van der Waals surface area contributed by atoms with Gasteiger partial charge in [-0.25, -0.2) is 0 Å². The van der Waals surface area contributed by atoms with E-state index in [1.54, 1.807) is 24.3 Å². The summed E-state index contributed by atoms with van der Waals surface area (Å²) in [4.78, 5) is 29.2. The van der Waals surface area contributed by atoms with Crippen molar-refractivity contribution >= 4 is 17.5 Å². The molecule has 0 bridgehead atoms. The van der Waals surface area contributed by atoms with Crippen LogP contribution in [0.1, 0.15) is 19.8 Å². The highest BCUT2D eigenvalue weighted by atomic mass is 16.5. The van der Waals surface area contributed by atoms with Crippen LogP contribution in [-0.4, -0.2) is 72.2 Å². The monoisotopic (exact) mass is 361 g/mol. The number of carbonyl (C=O) groups excluding carboxylic acids is 2. The fourth-order valence-corrected chi connectivity index (χ4v) is 3.56. The van der Waals surface area contributed by atoms with Crippen molar-refractivity contribution in [3.63, 3.8) is 0 Å². The van der Waals surface area contributed by atoms with E-state index < -0.39 is 0 Å². The van der Waals surface area contributed by atoms with E-state index in [0.717, 1.165) is 13.1 Å². The summed E-state index contributed by atoms with van der Waals surface area (Å²) in [6, 6.07) is 6.55. The number of hydrogen-bond donors (Lipinski definition) is 2. The minimum atomic E-state index is -0.148. The predicted molar refractivity (Wildman–Crippen MR) is 97.9 cm³/mol.